The van der Waals surface area contributed by atoms with Gasteiger partial charge in [-0.15, -0.1) is 11.3 Å². The van der Waals surface area contributed by atoms with Crippen LogP contribution in [0, 0.1) is 5.92 Å². The molecule has 2 aliphatic rings. The third-order valence-corrected chi connectivity index (χ3v) is 5.30. The van der Waals surface area contributed by atoms with Crippen LogP contribution in [0.3, 0.4) is 0 Å². The normalized spacial score (nSPS) is 18.5. The largest absolute Gasteiger partial charge is 0.345 e. The molecule has 1 N–H and O–H groups in total. The van der Waals surface area contributed by atoms with Crippen molar-refractivity contribution in [1.82, 2.24) is 10.3 Å². The summed E-state index contributed by atoms with van der Waals surface area (Å²) in [5, 5.41) is 4.86. The van der Waals surface area contributed by atoms with Gasteiger partial charge in [-0.05, 0) is 44.6 Å². The highest BCUT2D eigenvalue weighted by Gasteiger charge is 2.34. The number of nitrogens with one attached hydrogen (secondary N) is 1. The molecular weight excluding hydrogens is 278 g/mol. The minimum Gasteiger partial charge on any atom is -0.345 e. The minimum absolute atomic E-state index is 0.709. The van der Waals surface area contributed by atoms with Gasteiger partial charge in [-0.1, -0.05) is 20.8 Å². The van der Waals surface area contributed by atoms with E-state index in [-0.39, 0.29) is 0 Å². The maximum absolute atomic E-state index is 5.07. The van der Waals surface area contributed by atoms with Gasteiger partial charge in [0.05, 0.1) is 5.69 Å². The molecule has 2 fully saturated rings. The number of anilines is 1. The van der Waals surface area contributed by atoms with Crippen molar-refractivity contribution in [2.45, 2.75) is 71.4 Å². The zero-order valence-electron chi connectivity index (χ0n) is 13.7. The molecule has 1 aromatic heterocycles. The summed E-state index contributed by atoms with van der Waals surface area (Å²) in [5.41, 5.74) is 1.41. The molecule has 2 aliphatic carbocycles. The van der Waals surface area contributed by atoms with Gasteiger partial charge in [-0.2, -0.15) is 0 Å². The number of rotatable bonds is 9. The van der Waals surface area contributed by atoms with Crippen LogP contribution in [0.1, 0.15) is 69.4 Å². The Morgan fingerprint density at radius 3 is 2.62 bits per heavy atom. The fourth-order valence-electron chi connectivity index (χ4n) is 2.82. The molecule has 0 atom stereocenters. The number of nitrogens with zero attached hydrogens (tertiary/aromatic N) is 2. The van der Waals surface area contributed by atoms with Crippen molar-refractivity contribution in [2.75, 3.05) is 18.0 Å². The summed E-state index contributed by atoms with van der Waals surface area (Å²) in [6.07, 6.45) is 6.60. The van der Waals surface area contributed by atoms with E-state index in [4.69, 9.17) is 4.98 Å². The van der Waals surface area contributed by atoms with E-state index in [1.165, 1.54) is 47.8 Å². The van der Waals surface area contributed by atoms with Gasteiger partial charge in [0, 0.05) is 29.9 Å². The van der Waals surface area contributed by atoms with Crippen molar-refractivity contribution in [3.8, 4) is 0 Å². The van der Waals surface area contributed by atoms with E-state index in [1.807, 2.05) is 11.3 Å². The average molecular weight is 308 g/mol. The Labute approximate surface area is 133 Å². The van der Waals surface area contributed by atoms with Gasteiger partial charge < -0.3 is 10.2 Å². The van der Waals surface area contributed by atoms with Crippen LogP contribution in [-0.4, -0.2) is 24.1 Å². The van der Waals surface area contributed by atoms with Gasteiger partial charge >= 0.3 is 0 Å². The Hall–Kier alpha value is -0.610. The minimum atomic E-state index is 0.709. The van der Waals surface area contributed by atoms with Crippen molar-refractivity contribution < 1.29 is 0 Å². The van der Waals surface area contributed by atoms with Crippen molar-refractivity contribution in [3.05, 3.63) is 10.6 Å². The van der Waals surface area contributed by atoms with E-state index in [2.05, 4.69) is 31.0 Å². The van der Waals surface area contributed by atoms with Gasteiger partial charge in [0.2, 0.25) is 0 Å². The molecule has 118 valence electrons. The molecule has 0 saturated heterocycles. The van der Waals surface area contributed by atoms with E-state index >= 15 is 0 Å². The third kappa shape index (κ3) is 3.98. The predicted molar refractivity (Wildman–Crippen MR) is 91.3 cm³/mol. The zero-order chi connectivity index (χ0) is 14.8. The molecule has 0 amide bonds. The second-order valence-corrected chi connectivity index (χ2v) is 8.10. The van der Waals surface area contributed by atoms with Crippen LogP contribution in [-0.2, 0) is 6.54 Å². The number of aromatic nitrogens is 1. The van der Waals surface area contributed by atoms with Crippen molar-refractivity contribution in [1.29, 1.82) is 0 Å². The van der Waals surface area contributed by atoms with Gasteiger partial charge in [0.25, 0.3) is 0 Å². The molecule has 21 heavy (non-hydrogen) atoms. The topological polar surface area (TPSA) is 28.2 Å². The Balaban J connectivity index is 1.75. The third-order valence-electron chi connectivity index (χ3n) is 4.19. The lowest BCUT2D eigenvalue weighted by Gasteiger charge is -2.23. The fraction of sp³-hybridized carbons (Fsp3) is 0.824. The molecule has 0 spiro atoms. The molecule has 0 bridgehead atoms. The molecule has 0 aliphatic heterocycles. The molecule has 1 heterocycles. The lowest BCUT2D eigenvalue weighted by atomic mass is 10.2. The van der Waals surface area contributed by atoms with E-state index in [0.717, 1.165) is 31.6 Å². The van der Waals surface area contributed by atoms with Crippen LogP contribution in [0.4, 0.5) is 5.13 Å². The highest BCUT2D eigenvalue weighted by Crippen LogP contribution is 2.45. The molecule has 3 rings (SSSR count). The molecule has 4 heteroatoms. The van der Waals surface area contributed by atoms with Crippen LogP contribution in [0.2, 0.25) is 0 Å². The fourth-order valence-corrected chi connectivity index (χ4v) is 4.01. The molecule has 0 radical (unpaired) electrons. The van der Waals surface area contributed by atoms with Crippen molar-refractivity contribution in [3.63, 3.8) is 0 Å². The van der Waals surface area contributed by atoms with Crippen LogP contribution in [0.5, 0.6) is 0 Å². The van der Waals surface area contributed by atoms with Gasteiger partial charge in [0.15, 0.2) is 5.13 Å². The van der Waals surface area contributed by atoms with E-state index in [9.17, 15) is 0 Å². The van der Waals surface area contributed by atoms with E-state index in [1.54, 1.807) is 0 Å². The predicted octanol–water partition coefficient (Wildman–Crippen LogP) is 4.14. The zero-order valence-corrected chi connectivity index (χ0v) is 14.5. The smallest absolute Gasteiger partial charge is 0.186 e. The summed E-state index contributed by atoms with van der Waals surface area (Å²) >= 11 is 1.95. The van der Waals surface area contributed by atoms with Gasteiger partial charge in [0.1, 0.15) is 0 Å². The highest BCUT2D eigenvalue weighted by atomic mass is 32.1. The molecular formula is C17H29N3S. The number of hydrogen-bond donors (Lipinski definition) is 1. The Bertz CT molecular complexity index is 461. The first-order valence-electron chi connectivity index (χ1n) is 8.66. The lowest BCUT2D eigenvalue weighted by molar-refractivity contribution is 0.605. The first-order chi connectivity index (χ1) is 10.2. The Morgan fingerprint density at radius 2 is 2.05 bits per heavy atom. The SMILES string of the molecule is CCCNCc1sc(N(CC(C)C)C2CC2)nc1C1CC1. The monoisotopic (exact) mass is 307 g/mol. The summed E-state index contributed by atoms with van der Waals surface area (Å²) in [6, 6.07) is 0.766. The maximum atomic E-state index is 5.07. The molecule has 0 aromatic carbocycles. The summed E-state index contributed by atoms with van der Waals surface area (Å²) < 4.78 is 0. The van der Waals surface area contributed by atoms with Crippen LogP contribution in [0.25, 0.3) is 0 Å². The molecule has 2 saturated carbocycles. The van der Waals surface area contributed by atoms with Crippen LogP contribution < -0.4 is 10.2 Å². The average Bonchev–Trinajstić information content (AvgIpc) is 3.34. The second kappa shape index (κ2) is 6.66. The summed E-state index contributed by atoms with van der Waals surface area (Å²) in [6.45, 7) is 10.1. The first-order valence-corrected chi connectivity index (χ1v) is 9.47. The second-order valence-electron chi connectivity index (χ2n) is 7.03. The highest BCUT2D eigenvalue weighted by molar-refractivity contribution is 7.15. The molecule has 3 nitrogen and oxygen atoms in total. The standard InChI is InChI=1S/C17H29N3S/c1-4-9-18-10-15-16(13-5-6-13)19-17(21-15)20(11-12(2)3)14-7-8-14/h12-14,18H,4-11H2,1-3H3. The van der Waals surface area contributed by atoms with Crippen LogP contribution in [0.15, 0.2) is 0 Å². The Kier molecular flexibility index (Phi) is 4.85. The lowest BCUT2D eigenvalue weighted by Crippen LogP contribution is -2.29. The summed E-state index contributed by atoms with van der Waals surface area (Å²) in [4.78, 5) is 9.15. The van der Waals surface area contributed by atoms with Crippen molar-refractivity contribution in [2.24, 2.45) is 5.92 Å². The quantitative estimate of drug-likeness (QED) is 0.695. The van der Waals surface area contributed by atoms with Gasteiger partial charge in [-0.25, -0.2) is 4.98 Å². The molecule has 0 unspecified atom stereocenters. The van der Waals surface area contributed by atoms with E-state index in [0.29, 0.717) is 5.92 Å². The Morgan fingerprint density at radius 1 is 1.29 bits per heavy atom. The summed E-state index contributed by atoms with van der Waals surface area (Å²) in [5.74, 6) is 1.47. The number of thiazole rings is 1. The molecule has 1 aromatic rings. The first kappa shape index (κ1) is 15.3. The van der Waals surface area contributed by atoms with Crippen LogP contribution >= 0.6 is 11.3 Å². The number of hydrogen-bond acceptors (Lipinski definition) is 4. The maximum Gasteiger partial charge on any atom is 0.186 e. The summed E-state index contributed by atoms with van der Waals surface area (Å²) in [7, 11) is 0. The van der Waals surface area contributed by atoms with Gasteiger partial charge in [-0.3, -0.25) is 0 Å². The van der Waals surface area contributed by atoms with Crippen molar-refractivity contribution >= 4 is 16.5 Å². The van der Waals surface area contributed by atoms with E-state index < -0.39 is 0 Å².